The lowest BCUT2D eigenvalue weighted by Crippen LogP contribution is -2.31. The van der Waals surface area contributed by atoms with Crippen molar-refractivity contribution in [3.05, 3.63) is 46.3 Å². The lowest BCUT2D eigenvalue weighted by Gasteiger charge is -2.30. The number of ketones is 1. The molecule has 45 heavy (non-hydrogen) atoms. The van der Waals surface area contributed by atoms with E-state index in [0.29, 0.717) is 49.5 Å². The van der Waals surface area contributed by atoms with E-state index in [1.54, 1.807) is 11.0 Å². The van der Waals surface area contributed by atoms with Gasteiger partial charge < -0.3 is 33.9 Å². The first-order chi connectivity index (χ1) is 20.9. The van der Waals surface area contributed by atoms with Crippen molar-refractivity contribution in [2.24, 2.45) is 0 Å². The van der Waals surface area contributed by atoms with E-state index in [1.807, 2.05) is 19.1 Å². The summed E-state index contributed by atoms with van der Waals surface area (Å²) in [5.74, 6) is -0.952. The molecule has 248 valence electrons. The van der Waals surface area contributed by atoms with Crippen molar-refractivity contribution in [1.29, 1.82) is 5.41 Å². The minimum absolute atomic E-state index is 0. The number of carbonyl (C=O) groups is 2. The first-order valence-corrected chi connectivity index (χ1v) is 15.1. The van der Waals surface area contributed by atoms with Crippen LogP contribution in [0.1, 0.15) is 80.4 Å². The SMILES string of the molecule is Br.CCOC1CCN(c2cc(C(=O)CN3Cc4cc(OC)c(OC)c(F)c4C3=N)cc(C(C)(C)C)c2OCCCCC(=O)O)C1. The maximum atomic E-state index is 15.3. The number of aliphatic carboxylic acids is 1. The maximum absolute atomic E-state index is 15.3. The number of hydrogen-bond donors (Lipinski definition) is 2. The van der Waals surface area contributed by atoms with Crippen molar-refractivity contribution in [2.45, 2.75) is 71.4 Å². The smallest absolute Gasteiger partial charge is 0.303 e. The van der Waals surface area contributed by atoms with Crippen LogP contribution in [0.5, 0.6) is 17.2 Å². The van der Waals surface area contributed by atoms with Crippen LogP contribution in [-0.4, -0.2) is 80.8 Å². The molecule has 1 fully saturated rings. The molecule has 0 spiro atoms. The lowest BCUT2D eigenvalue weighted by molar-refractivity contribution is -0.137. The Labute approximate surface area is 275 Å². The molecule has 0 amide bonds. The van der Waals surface area contributed by atoms with Crippen molar-refractivity contribution >= 4 is 40.3 Å². The summed E-state index contributed by atoms with van der Waals surface area (Å²) in [5, 5.41) is 17.7. The van der Waals surface area contributed by atoms with Gasteiger partial charge in [-0.05, 0) is 55.4 Å². The van der Waals surface area contributed by atoms with Crippen LogP contribution in [0.2, 0.25) is 0 Å². The number of nitrogens with one attached hydrogen (secondary N) is 1. The number of rotatable bonds is 14. The average Bonchev–Trinajstić information content (AvgIpc) is 3.56. The molecule has 2 heterocycles. The Hall–Kier alpha value is -3.38. The highest BCUT2D eigenvalue weighted by molar-refractivity contribution is 8.93. The Bertz CT molecular complexity index is 1410. The summed E-state index contributed by atoms with van der Waals surface area (Å²) >= 11 is 0. The molecule has 2 aromatic carbocycles. The molecule has 2 N–H and O–H groups in total. The molecule has 0 radical (unpaired) electrons. The molecule has 0 bridgehead atoms. The molecule has 1 atom stereocenters. The normalized spacial score (nSPS) is 16.0. The number of nitrogens with zero attached hydrogens (tertiary/aromatic N) is 2. The van der Waals surface area contributed by atoms with Crippen LogP contribution in [0.15, 0.2) is 18.2 Å². The molecular weight excluding hydrogens is 649 g/mol. The third-order valence-electron chi connectivity index (χ3n) is 8.06. The topological polar surface area (TPSA) is 122 Å². The van der Waals surface area contributed by atoms with Crippen LogP contribution in [0.25, 0.3) is 0 Å². The number of Topliss-reactive ketones (excluding diaryl/α,β-unsaturated/α-hetero) is 1. The van der Waals surface area contributed by atoms with Gasteiger partial charge in [-0.3, -0.25) is 15.0 Å². The van der Waals surface area contributed by atoms with Gasteiger partial charge in [-0.25, -0.2) is 4.39 Å². The fraction of sp³-hybridized carbons (Fsp3) is 0.545. The number of carboxylic acids is 1. The van der Waals surface area contributed by atoms with Gasteiger partial charge in [0.15, 0.2) is 23.1 Å². The van der Waals surface area contributed by atoms with Gasteiger partial charge in [0.05, 0.1) is 44.7 Å². The number of carboxylic acid groups (broad SMARTS) is 1. The molecule has 2 aliphatic heterocycles. The first kappa shape index (κ1) is 36.1. The Morgan fingerprint density at radius 3 is 2.47 bits per heavy atom. The van der Waals surface area contributed by atoms with Crippen LogP contribution in [-0.2, 0) is 21.5 Å². The number of hydrogen-bond acceptors (Lipinski definition) is 8. The monoisotopic (exact) mass is 693 g/mol. The molecule has 10 nitrogen and oxygen atoms in total. The number of ether oxygens (including phenoxy) is 4. The highest BCUT2D eigenvalue weighted by atomic mass is 79.9. The number of carbonyl (C=O) groups excluding carboxylic acids is 1. The molecule has 4 rings (SSSR count). The van der Waals surface area contributed by atoms with Crippen molar-refractivity contribution in [1.82, 2.24) is 4.90 Å². The Balaban J connectivity index is 0.00000552. The molecule has 1 saturated heterocycles. The van der Waals surface area contributed by atoms with Crippen LogP contribution in [0.3, 0.4) is 0 Å². The van der Waals surface area contributed by atoms with E-state index in [4.69, 9.17) is 29.5 Å². The second-order valence-corrected chi connectivity index (χ2v) is 12.2. The van der Waals surface area contributed by atoms with Crippen LogP contribution < -0.4 is 19.1 Å². The van der Waals surface area contributed by atoms with E-state index in [1.165, 1.54) is 14.2 Å². The molecule has 0 saturated carbocycles. The van der Waals surface area contributed by atoms with E-state index < -0.39 is 11.8 Å². The quantitative estimate of drug-likeness (QED) is 0.182. The van der Waals surface area contributed by atoms with Crippen molar-refractivity contribution < 1.29 is 38.0 Å². The fourth-order valence-electron chi connectivity index (χ4n) is 5.81. The van der Waals surface area contributed by atoms with Gasteiger partial charge >= 0.3 is 5.97 Å². The molecule has 0 aromatic heterocycles. The number of anilines is 1. The second-order valence-electron chi connectivity index (χ2n) is 12.2. The Morgan fingerprint density at radius 2 is 1.84 bits per heavy atom. The summed E-state index contributed by atoms with van der Waals surface area (Å²) in [5.41, 5.74) is 2.41. The van der Waals surface area contributed by atoms with Crippen molar-refractivity contribution in [2.75, 3.05) is 52.0 Å². The van der Waals surface area contributed by atoms with Crippen LogP contribution in [0, 0.1) is 11.2 Å². The number of unbranched alkanes of at least 4 members (excludes halogenated alkanes) is 1. The van der Waals surface area contributed by atoms with Crippen molar-refractivity contribution in [3.8, 4) is 17.2 Å². The van der Waals surface area contributed by atoms with E-state index >= 15 is 4.39 Å². The highest BCUT2D eigenvalue weighted by Gasteiger charge is 2.34. The van der Waals surface area contributed by atoms with Gasteiger partial charge in [0.1, 0.15) is 11.6 Å². The van der Waals surface area contributed by atoms with Crippen LogP contribution >= 0.6 is 17.0 Å². The molecule has 0 aliphatic carbocycles. The zero-order valence-electron chi connectivity index (χ0n) is 27.0. The summed E-state index contributed by atoms with van der Waals surface area (Å²) in [6.45, 7) is 10.6. The van der Waals surface area contributed by atoms with Gasteiger partial charge in [0.25, 0.3) is 0 Å². The van der Waals surface area contributed by atoms with Gasteiger partial charge in [0, 0.05) is 43.8 Å². The number of methoxy groups -OCH3 is 2. The highest BCUT2D eigenvalue weighted by Crippen LogP contribution is 2.43. The molecular formula is C33H45BrFN3O7. The molecule has 2 aliphatic rings. The Kier molecular flexibility index (Phi) is 12.2. The van der Waals surface area contributed by atoms with Gasteiger partial charge in [0.2, 0.25) is 0 Å². The van der Waals surface area contributed by atoms with E-state index in [-0.39, 0.29) is 76.7 Å². The number of amidine groups is 1. The predicted molar refractivity (Wildman–Crippen MR) is 176 cm³/mol. The van der Waals surface area contributed by atoms with Crippen LogP contribution in [0.4, 0.5) is 10.1 Å². The van der Waals surface area contributed by atoms with Crippen molar-refractivity contribution in [3.63, 3.8) is 0 Å². The standard InChI is InChI=1S/C33H44FN3O7.BrH/c1-7-43-22-11-12-36(18-22)24-15-20(14-23(33(2,3)4)30(24)44-13-9-8-10-27(39)40)25(38)19-37-17-21-16-26(41-5)31(42-6)29(34)28(21)32(37)35;/h14-16,22,35H,7-13,17-19H2,1-6H3,(H,39,40);1H. The largest absolute Gasteiger partial charge is 0.493 e. The minimum Gasteiger partial charge on any atom is -0.493 e. The minimum atomic E-state index is -0.835. The maximum Gasteiger partial charge on any atom is 0.303 e. The number of halogens is 2. The summed E-state index contributed by atoms with van der Waals surface area (Å²) < 4.78 is 38.1. The number of fused-ring (bicyclic) bond motifs is 1. The van der Waals surface area contributed by atoms with Gasteiger partial charge in [-0.15, -0.1) is 17.0 Å². The third kappa shape index (κ3) is 8.07. The lowest BCUT2D eigenvalue weighted by atomic mass is 9.84. The zero-order valence-corrected chi connectivity index (χ0v) is 28.7. The van der Waals surface area contributed by atoms with E-state index in [2.05, 4.69) is 25.7 Å². The second kappa shape index (κ2) is 15.3. The zero-order chi connectivity index (χ0) is 32.2. The Morgan fingerprint density at radius 1 is 1.11 bits per heavy atom. The summed E-state index contributed by atoms with van der Waals surface area (Å²) in [6, 6.07) is 5.35. The van der Waals surface area contributed by atoms with Gasteiger partial charge in [-0.1, -0.05) is 20.8 Å². The average molecular weight is 695 g/mol. The molecule has 2 aromatic rings. The fourth-order valence-corrected chi connectivity index (χ4v) is 5.81. The summed E-state index contributed by atoms with van der Waals surface area (Å²) in [7, 11) is 2.77. The number of benzene rings is 2. The molecule has 12 heteroatoms. The third-order valence-corrected chi connectivity index (χ3v) is 8.06. The van der Waals surface area contributed by atoms with Gasteiger partial charge in [-0.2, -0.15) is 0 Å². The van der Waals surface area contributed by atoms with E-state index in [0.717, 1.165) is 24.2 Å². The first-order valence-electron chi connectivity index (χ1n) is 15.1. The predicted octanol–water partition coefficient (Wildman–Crippen LogP) is 5.99. The summed E-state index contributed by atoms with van der Waals surface area (Å²) in [6.07, 6.45) is 2.08. The molecule has 1 unspecified atom stereocenters. The van der Waals surface area contributed by atoms with E-state index in [9.17, 15) is 9.59 Å². The summed E-state index contributed by atoms with van der Waals surface area (Å²) in [4.78, 5) is 28.6.